The van der Waals surface area contributed by atoms with Crippen LogP contribution in [0.4, 0.5) is 13.2 Å². The van der Waals surface area contributed by atoms with Crippen LogP contribution in [-0.4, -0.2) is 11.2 Å². The molecule has 13 heavy (non-hydrogen) atoms. The molecule has 4 heteroatoms. The summed E-state index contributed by atoms with van der Waals surface area (Å²) in [5.74, 6) is -2.87. The molecule has 0 spiro atoms. The van der Waals surface area contributed by atoms with E-state index < -0.39 is 23.6 Å². The largest absolute Gasteiger partial charge is 0.393 e. The van der Waals surface area contributed by atoms with Crippen molar-refractivity contribution >= 4 is 0 Å². The Morgan fingerprint density at radius 3 is 2.08 bits per heavy atom. The molecule has 1 aromatic rings. The SMILES string of the molecule is CC(O)Cc1c(F)cc(F)cc1F. The number of rotatable bonds is 2. The van der Waals surface area contributed by atoms with Gasteiger partial charge in [0.15, 0.2) is 0 Å². The molecule has 0 bridgehead atoms. The predicted molar refractivity (Wildman–Crippen MR) is 41.7 cm³/mol. The van der Waals surface area contributed by atoms with Gasteiger partial charge in [-0.05, 0) is 6.92 Å². The topological polar surface area (TPSA) is 20.2 Å². The zero-order chi connectivity index (χ0) is 10.0. The molecule has 0 aliphatic rings. The first-order chi connectivity index (χ1) is 6.00. The van der Waals surface area contributed by atoms with Crippen LogP contribution in [0.3, 0.4) is 0 Å². The standard InChI is InChI=1S/C9H9F3O/c1-5(13)2-7-8(11)3-6(10)4-9(7)12/h3-5,13H,2H2,1H3. The maximum Gasteiger partial charge on any atom is 0.132 e. The van der Waals surface area contributed by atoms with Crippen molar-refractivity contribution < 1.29 is 18.3 Å². The minimum absolute atomic E-state index is 0.155. The minimum atomic E-state index is -0.960. The number of hydrogen-bond acceptors (Lipinski definition) is 1. The third-order valence-electron chi connectivity index (χ3n) is 1.61. The smallest absolute Gasteiger partial charge is 0.132 e. The van der Waals surface area contributed by atoms with Crippen LogP contribution in [0.2, 0.25) is 0 Å². The molecule has 0 saturated carbocycles. The summed E-state index contributed by atoms with van der Waals surface area (Å²) in [5, 5.41) is 8.90. The number of aliphatic hydroxyl groups excluding tert-OH is 1. The minimum Gasteiger partial charge on any atom is -0.393 e. The number of benzene rings is 1. The molecule has 0 aliphatic heterocycles. The highest BCUT2D eigenvalue weighted by molar-refractivity contribution is 5.21. The fourth-order valence-corrected chi connectivity index (χ4v) is 1.06. The Labute approximate surface area is 73.8 Å². The zero-order valence-electron chi connectivity index (χ0n) is 7.02. The Balaban J connectivity index is 3.06. The van der Waals surface area contributed by atoms with E-state index in [0.717, 1.165) is 0 Å². The van der Waals surface area contributed by atoms with Gasteiger partial charge in [-0.1, -0.05) is 0 Å². The van der Waals surface area contributed by atoms with Gasteiger partial charge in [0.1, 0.15) is 17.5 Å². The summed E-state index contributed by atoms with van der Waals surface area (Å²) in [4.78, 5) is 0. The highest BCUT2D eigenvalue weighted by atomic mass is 19.1. The van der Waals surface area contributed by atoms with Crippen LogP contribution in [0.15, 0.2) is 12.1 Å². The molecule has 0 amide bonds. The highest BCUT2D eigenvalue weighted by Gasteiger charge is 2.12. The molecule has 1 rings (SSSR count). The van der Waals surface area contributed by atoms with Crippen LogP contribution in [0.5, 0.6) is 0 Å². The third-order valence-corrected chi connectivity index (χ3v) is 1.61. The Hall–Kier alpha value is -1.03. The van der Waals surface area contributed by atoms with Crippen molar-refractivity contribution in [3.8, 4) is 0 Å². The average molecular weight is 190 g/mol. The maximum absolute atomic E-state index is 12.9. The van der Waals surface area contributed by atoms with Crippen molar-refractivity contribution in [2.24, 2.45) is 0 Å². The fraction of sp³-hybridized carbons (Fsp3) is 0.333. The van der Waals surface area contributed by atoms with E-state index in [0.29, 0.717) is 12.1 Å². The van der Waals surface area contributed by atoms with E-state index in [-0.39, 0.29) is 12.0 Å². The molecule has 1 atom stereocenters. The first-order valence-electron chi connectivity index (χ1n) is 3.82. The molecule has 1 unspecified atom stereocenters. The van der Waals surface area contributed by atoms with Gasteiger partial charge in [-0.15, -0.1) is 0 Å². The van der Waals surface area contributed by atoms with E-state index in [4.69, 9.17) is 5.11 Å². The van der Waals surface area contributed by atoms with E-state index in [1.54, 1.807) is 0 Å². The van der Waals surface area contributed by atoms with Gasteiger partial charge in [-0.25, -0.2) is 13.2 Å². The van der Waals surface area contributed by atoms with Crippen molar-refractivity contribution in [1.29, 1.82) is 0 Å². The monoisotopic (exact) mass is 190 g/mol. The molecule has 0 aromatic heterocycles. The Kier molecular flexibility index (Phi) is 2.93. The summed E-state index contributed by atoms with van der Waals surface area (Å²) in [6.07, 6.45) is -1.01. The van der Waals surface area contributed by atoms with Gasteiger partial charge in [-0.3, -0.25) is 0 Å². The van der Waals surface area contributed by atoms with Gasteiger partial charge in [0.2, 0.25) is 0 Å². The molecule has 0 fully saturated rings. The summed E-state index contributed by atoms with van der Waals surface area (Å²) >= 11 is 0. The number of halogens is 3. The van der Waals surface area contributed by atoms with Crippen LogP contribution >= 0.6 is 0 Å². The van der Waals surface area contributed by atoms with Crippen molar-refractivity contribution in [3.05, 3.63) is 35.1 Å². The number of hydrogen-bond donors (Lipinski definition) is 1. The Morgan fingerprint density at radius 2 is 1.69 bits per heavy atom. The molecule has 1 aromatic carbocycles. The van der Waals surface area contributed by atoms with E-state index >= 15 is 0 Å². The number of aliphatic hydroxyl groups is 1. The zero-order valence-corrected chi connectivity index (χ0v) is 7.02. The van der Waals surface area contributed by atoms with Gasteiger partial charge < -0.3 is 5.11 Å². The van der Waals surface area contributed by atoms with Crippen LogP contribution in [0.1, 0.15) is 12.5 Å². The lowest BCUT2D eigenvalue weighted by molar-refractivity contribution is 0.192. The fourth-order valence-electron chi connectivity index (χ4n) is 1.06. The molecular formula is C9H9F3O. The summed E-state index contributed by atoms with van der Waals surface area (Å²) in [7, 11) is 0. The quantitative estimate of drug-likeness (QED) is 0.756. The molecule has 0 saturated heterocycles. The molecule has 72 valence electrons. The van der Waals surface area contributed by atoms with Gasteiger partial charge in [-0.2, -0.15) is 0 Å². The molecule has 1 N–H and O–H groups in total. The van der Waals surface area contributed by atoms with E-state index in [1.165, 1.54) is 6.92 Å². The first kappa shape index (κ1) is 10.1. The van der Waals surface area contributed by atoms with E-state index in [1.807, 2.05) is 0 Å². The molecule has 0 radical (unpaired) electrons. The van der Waals surface area contributed by atoms with Crippen LogP contribution in [-0.2, 0) is 6.42 Å². The normalized spacial score (nSPS) is 13.0. The Morgan fingerprint density at radius 1 is 1.23 bits per heavy atom. The van der Waals surface area contributed by atoms with Gasteiger partial charge in [0, 0.05) is 24.1 Å². The second-order valence-corrected chi connectivity index (χ2v) is 2.90. The Bertz CT molecular complexity index is 287. The van der Waals surface area contributed by atoms with Gasteiger partial charge >= 0.3 is 0 Å². The summed E-state index contributed by atoms with van der Waals surface area (Å²) < 4.78 is 38.2. The second kappa shape index (κ2) is 3.79. The van der Waals surface area contributed by atoms with Gasteiger partial charge in [0.25, 0.3) is 0 Å². The second-order valence-electron chi connectivity index (χ2n) is 2.90. The van der Waals surface area contributed by atoms with Crippen LogP contribution in [0, 0.1) is 17.5 Å². The lowest BCUT2D eigenvalue weighted by Gasteiger charge is -2.06. The van der Waals surface area contributed by atoms with Crippen LogP contribution < -0.4 is 0 Å². The van der Waals surface area contributed by atoms with E-state index in [9.17, 15) is 13.2 Å². The highest BCUT2D eigenvalue weighted by Crippen LogP contribution is 2.16. The summed E-state index contributed by atoms with van der Waals surface area (Å²) in [6, 6.07) is 1.20. The molecule has 0 aliphatic carbocycles. The van der Waals surface area contributed by atoms with Gasteiger partial charge in [0.05, 0.1) is 6.10 Å². The lowest BCUT2D eigenvalue weighted by atomic mass is 10.1. The van der Waals surface area contributed by atoms with Crippen molar-refractivity contribution in [1.82, 2.24) is 0 Å². The summed E-state index contributed by atoms with van der Waals surface area (Å²) in [6.45, 7) is 1.40. The molecule has 0 heterocycles. The molecular weight excluding hydrogens is 181 g/mol. The van der Waals surface area contributed by atoms with Crippen molar-refractivity contribution in [3.63, 3.8) is 0 Å². The first-order valence-corrected chi connectivity index (χ1v) is 3.82. The predicted octanol–water partition coefficient (Wildman–Crippen LogP) is 2.03. The third kappa shape index (κ3) is 2.45. The van der Waals surface area contributed by atoms with E-state index in [2.05, 4.69) is 0 Å². The molecule has 1 nitrogen and oxygen atoms in total. The van der Waals surface area contributed by atoms with Crippen LogP contribution in [0.25, 0.3) is 0 Å². The maximum atomic E-state index is 12.9. The van der Waals surface area contributed by atoms with Crippen molar-refractivity contribution in [2.75, 3.05) is 0 Å². The van der Waals surface area contributed by atoms with Crippen molar-refractivity contribution in [2.45, 2.75) is 19.4 Å². The summed E-state index contributed by atoms with van der Waals surface area (Å²) in [5.41, 5.74) is -0.281. The lowest BCUT2D eigenvalue weighted by Crippen LogP contribution is -2.08. The average Bonchev–Trinajstić information content (AvgIpc) is 1.96.